The summed E-state index contributed by atoms with van der Waals surface area (Å²) in [4.78, 5) is 53.1. The summed E-state index contributed by atoms with van der Waals surface area (Å²) in [6.07, 6.45) is 5.76. The van der Waals surface area contributed by atoms with E-state index in [9.17, 15) is 19.8 Å². The first-order valence-corrected chi connectivity index (χ1v) is 21.2. The number of aromatic amines is 1. The van der Waals surface area contributed by atoms with Gasteiger partial charge in [-0.15, -0.1) is 0 Å². The Bertz CT molecular complexity index is 2260. The van der Waals surface area contributed by atoms with Crippen molar-refractivity contribution in [1.82, 2.24) is 14.8 Å². The molecule has 13 heteroatoms. The number of esters is 3. The van der Waals surface area contributed by atoms with Gasteiger partial charge >= 0.3 is 17.9 Å². The number of nitrogens with one attached hydrogen (secondary N) is 1. The quantitative estimate of drug-likeness (QED) is 0.181. The van der Waals surface area contributed by atoms with Crippen LogP contribution < -0.4 is 9.64 Å². The molecule has 2 saturated heterocycles. The molecular formula is C46H58N4O9. The van der Waals surface area contributed by atoms with E-state index < -0.39 is 63.4 Å². The molecule has 1 saturated carbocycles. The molecule has 1 spiro atoms. The number of carbonyl (C=O) groups is 3. The Hall–Kier alpha value is -4.43. The van der Waals surface area contributed by atoms with Crippen LogP contribution in [0.3, 0.4) is 0 Å². The van der Waals surface area contributed by atoms with Gasteiger partial charge in [0, 0.05) is 97.4 Å². The fourth-order valence-corrected chi connectivity index (χ4v) is 13.5. The Kier molecular flexibility index (Phi) is 9.36. The molecule has 1 aromatic heterocycles. The summed E-state index contributed by atoms with van der Waals surface area (Å²) in [7, 11) is 6.15. The average Bonchev–Trinajstić information content (AvgIpc) is 3.89. The van der Waals surface area contributed by atoms with E-state index in [1.807, 2.05) is 44.0 Å². The normalized spacial score (nSPS) is 37.0. The van der Waals surface area contributed by atoms with Gasteiger partial charge < -0.3 is 39.0 Å². The standard InChI is InChI=1S/C46H58N4O9/c1-8-42(54)23-28-25-49(26-42)19-15-30-29-13-10-11-14-33(29)47-34(30)24-45(28,40(52)57-6)32-21-31-35(22-36(32)56-5)48(4)38-44(31)17-20-50-18-12-16-43(9-2,37(44)50)39(59-27(3)51)46(38,55)41(53)58-7/h10-14,16,21-22,28,37-39,47,54-55H,8-9,15,17-20,23-26H2,1-7H3/t28?,37-,38+,39+,42-,43+,44+,45-,46-/m0/s1. The summed E-state index contributed by atoms with van der Waals surface area (Å²) in [6, 6.07) is 11.1. The van der Waals surface area contributed by atoms with Crippen LogP contribution in [0.25, 0.3) is 10.9 Å². The van der Waals surface area contributed by atoms with Crippen LogP contribution in [0.15, 0.2) is 48.6 Å². The zero-order valence-electron chi connectivity index (χ0n) is 35.3. The summed E-state index contributed by atoms with van der Waals surface area (Å²) in [6.45, 7) is 8.38. The predicted octanol–water partition coefficient (Wildman–Crippen LogP) is 3.80. The van der Waals surface area contributed by atoms with E-state index in [4.69, 9.17) is 18.9 Å². The second kappa shape index (κ2) is 13.8. The van der Waals surface area contributed by atoms with Gasteiger partial charge in [0.15, 0.2) is 6.10 Å². The zero-order chi connectivity index (χ0) is 41.9. The summed E-state index contributed by atoms with van der Waals surface area (Å²) in [5.74, 6) is -1.84. The third kappa shape index (κ3) is 5.20. The number of para-hydroxylation sites is 1. The van der Waals surface area contributed by atoms with Gasteiger partial charge in [0.2, 0.25) is 5.60 Å². The van der Waals surface area contributed by atoms with E-state index in [1.165, 1.54) is 21.1 Å². The maximum absolute atomic E-state index is 15.3. The largest absolute Gasteiger partial charge is 0.496 e. The van der Waals surface area contributed by atoms with Crippen LogP contribution in [-0.2, 0) is 52.3 Å². The Morgan fingerprint density at radius 1 is 0.966 bits per heavy atom. The van der Waals surface area contributed by atoms with Crippen LogP contribution in [0.2, 0.25) is 0 Å². The number of aliphatic hydroxyl groups is 2. The number of hydrogen-bond acceptors (Lipinski definition) is 12. The van der Waals surface area contributed by atoms with Crippen molar-refractivity contribution >= 4 is 34.5 Å². The van der Waals surface area contributed by atoms with Gasteiger partial charge in [0.1, 0.15) is 11.2 Å². The number of H-pyrrole nitrogens is 1. The first-order valence-electron chi connectivity index (χ1n) is 21.2. The molecule has 3 N–H and O–H groups in total. The molecule has 6 aliphatic rings. The third-order valence-electron chi connectivity index (χ3n) is 15.8. The Morgan fingerprint density at radius 3 is 2.42 bits per heavy atom. The third-order valence-corrected chi connectivity index (χ3v) is 15.8. The summed E-state index contributed by atoms with van der Waals surface area (Å²) in [5.41, 5.74) is -1.27. The lowest BCUT2D eigenvalue weighted by Gasteiger charge is -2.63. The summed E-state index contributed by atoms with van der Waals surface area (Å²) < 4.78 is 23.9. The van der Waals surface area contributed by atoms with Crippen molar-refractivity contribution in [2.45, 2.75) is 99.5 Å². The highest BCUT2D eigenvalue weighted by atomic mass is 16.6. The van der Waals surface area contributed by atoms with Crippen LogP contribution in [0.4, 0.5) is 5.69 Å². The van der Waals surface area contributed by atoms with Crippen LogP contribution in [-0.4, -0.2) is 133 Å². The Morgan fingerprint density at radius 2 is 1.73 bits per heavy atom. The molecule has 2 aromatic carbocycles. The highest BCUT2D eigenvalue weighted by molar-refractivity contribution is 5.90. The molecule has 10 atom stereocenters. The lowest BCUT2D eigenvalue weighted by molar-refractivity contribution is -0.228. The minimum Gasteiger partial charge on any atom is -0.496 e. The second-order valence-corrected chi connectivity index (χ2v) is 18.2. The average molecular weight is 811 g/mol. The first kappa shape index (κ1) is 40.0. The molecule has 1 unspecified atom stereocenters. The van der Waals surface area contributed by atoms with Crippen molar-refractivity contribution in [3.05, 3.63) is 70.9 Å². The molecule has 316 valence electrons. The number of hydrogen-bond donors (Lipinski definition) is 3. The van der Waals surface area contributed by atoms with Gasteiger partial charge in [-0.25, -0.2) is 4.79 Å². The second-order valence-electron chi connectivity index (χ2n) is 18.2. The highest BCUT2D eigenvalue weighted by Crippen LogP contribution is 2.68. The SMILES string of the molecule is CC[C@]1(O)CC2C[N@](CCc3c([nH]c4ccccc34)C[C@@]2(C(=O)OC)c2cc3c(cc2OC)N(C)[C@H]2[C@@](O)(C(=O)OC)[C@H](OC(C)=O)[C@]4(CC)C=CCN5CC[C@]32[C@@H]54)C1. The fraction of sp³-hybridized carbons (Fsp3) is 0.587. The highest BCUT2D eigenvalue weighted by Gasteiger charge is 2.80. The van der Waals surface area contributed by atoms with Crippen LogP contribution in [0.5, 0.6) is 5.75 Å². The molecule has 3 aromatic rings. The molecule has 2 bridgehead atoms. The van der Waals surface area contributed by atoms with E-state index in [0.29, 0.717) is 69.7 Å². The van der Waals surface area contributed by atoms with Crippen molar-refractivity contribution in [1.29, 1.82) is 0 Å². The summed E-state index contributed by atoms with van der Waals surface area (Å²) in [5, 5.41) is 26.7. The number of likely N-dealkylation sites (N-methyl/N-ethyl adjacent to an activating group) is 1. The number of anilines is 1. The molecule has 5 aliphatic heterocycles. The molecule has 0 radical (unpaired) electrons. The maximum atomic E-state index is 15.3. The number of methoxy groups -OCH3 is 3. The van der Waals surface area contributed by atoms with E-state index in [0.717, 1.165) is 39.8 Å². The molecule has 0 amide bonds. The van der Waals surface area contributed by atoms with E-state index >= 15 is 4.79 Å². The molecule has 6 heterocycles. The minimum atomic E-state index is -2.30. The van der Waals surface area contributed by atoms with Crippen LogP contribution >= 0.6 is 0 Å². The van der Waals surface area contributed by atoms with Crippen molar-refractivity contribution in [3.63, 3.8) is 0 Å². The lowest BCUT2D eigenvalue weighted by Crippen LogP contribution is -2.81. The predicted molar refractivity (Wildman–Crippen MR) is 220 cm³/mol. The number of benzene rings is 2. The van der Waals surface area contributed by atoms with E-state index in [1.54, 1.807) is 7.11 Å². The summed E-state index contributed by atoms with van der Waals surface area (Å²) >= 11 is 0. The van der Waals surface area contributed by atoms with Gasteiger partial charge in [-0.3, -0.25) is 19.4 Å². The maximum Gasteiger partial charge on any atom is 0.344 e. The number of fused-ring (bicyclic) bond motifs is 6. The van der Waals surface area contributed by atoms with Crippen molar-refractivity contribution in [3.8, 4) is 5.75 Å². The van der Waals surface area contributed by atoms with Gasteiger partial charge in [-0.2, -0.15) is 0 Å². The lowest BCUT2D eigenvalue weighted by atomic mass is 9.47. The molecule has 3 fully saturated rings. The van der Waals surface area contributed by atoms with Crippen molar-refractivity contribution in [2.75, 3.05) is 66.0 Å². The van der Waals surface area contributed by atoms with Crippen molar-refractivity contribution in [2.24, 2.45) is 11.3 Å². The first-order chi connectivity index (χ1) is 28.2. The van der Waals surface area contributed by atoms with Crippen molar-refractivity contribution < 1.29 is 43.5 Å². The topological polar surface area (TPSA) is 154 Å². The number of piperidine rings is 1. The fourth-order valence-electron chi connectivity index (χ4n) is 13.5. The molecule has 1 aliphatic carbocycles. The number of nitrogens with zero attached hydrogens (tertiary/aromatic N) is 3. The van der Waals surface area contributed by atoms with Gasteiger partial charge in [-0.05, 0) is 67.8 Å². The van der Waals surface area contributed by atoms with E-state index in [2.05, 4.69) is 45.1 Å². The minimum absolute atomic E-state index is 0.265. The van der Waals surface area contributed by atoms with Gasteiger partial charge in [-0.1, -0.05) is 44.2 Å². The number of carbonyl (C=O) groups excluding carboxylic acids is 3. The number of rotatable bonds is 7. The molecule has 9 rings (SSSR count). The van der Waals surface area contributed by atoms with E-state index in [-0.39, 0.29) is 12.5 Å². The van der Waals surface area contributed by atoms with Crippen LogP contribution in [0.1, 0.15) is 68.8 Å². The smallest absolute Gasteiger partial charge is 0.344 e. The van der Waals surface area contributed by atoms with Crippen LogP contribution in [0, 0.1) is 11.3 Å². The Labute approximate surface area is 345 Å². The Balaban J connectivity index is 1.35. The molecular weight excluding hydrogens is 753 g/mol. The monoisotopic (exact) mass is 810 g/mol. The molecule has 13 nitrogen and oxygen atoms in total. The molecule has 59 heavy (non-hydrogen) atoms. The van der Waals surface area contributed by atoms with Gasteiger partial charge in [0.05, 0.1) is 33.0 Å². The number of aromatic nitrogens is 1. The van der Waals surface area contributed by atoms with Gasteiger partial charge in [0.25, 0.3) is 0 Å². The zero-order valence-corrected chi connectivity index (χ0v) is 35.3. The number of ether oxygens (including phenoxy) is 4.